The quantitative estimate of drug-likeness (QED) is 0.742. The first kappa shape index (κ1) is 14.9. The maximum Gasteiger partial charge on any atom is 0.156 e. The van der Waals surface area contributed by atoms with Gasteiger partial charge in [0.2, 0.25) is 0 Å². The Bertz CT molecular complexity index is 843. The Morgan fingerprint density at radius 2 is 1.58 bits per heavy atom. The lowest BCUT2D eigenvalue weighted by atomic mass is 10.1. The molecule has 0 amide bonds. The van der Waals surface area contributed by atoms with Crippen LogP contribution in [0.3, 0.4) is 0 Å². The number of ether oxygens (including phenoxy) is 2. The molecule has 0 N–H and O–H groups in total. The number of morpholine rings is 1. The van der Waals surface area contributed by atoms with Crippen molar-refractivity contribution in [1.29, 1.82) is 0 Å². The summed E-state index contributed by atoms with van der Waals surface area (Å²) in [5.74, 6) is 1.75. The van der Waals surface area contributed by atoms with Crippen molar-refractivity contribution >= 4 is 16.9 Å². The summed E-state index contributed by atoms with van der Waals surface area (Å²) in [7, 11) is 1.67. The Morgan fingerprint density at radius 3 is 2.25 bits per heavy atom. The van der Waals surface area contributed by atoms with E-state index in [-0.39, 0.29) is 0 Å². The van der Waals surface area contributed by atoms with Gasteiger partial charge < -0.3 is 14.4 Å². The molecule has 122 valence electrons. The smallest absolute Gasteiger partial charge is 0.156 e. The summed E-state index contributed by atoms with van der Waals surface area (Å²) < 4.78 is 10.7. The number of methoxy groups -OCH3 is 1. The average molecular weight is 321 g/mol. The van der Waals surface area contributed by atoms with E-state index in [1.165, 1.54) is 0 Å². The predicted molar refractivity (Wildman–Crippen MR) is 94.6 cm³/mol. The largest absolute Gasteiger partial charge is 0.497 e. The first-order valence-electron chi connectivity index (χ1n) is 8.09. The molecule has 5 heteroatoms. The molecule has 1 fully saturated rings. The Balaban J connectivity index is 1.86. The fourth-order valence-corrected chi connectivity index (χ4v) is 2.93. The van der Waals surface area contributed by atoms with Gasteiger partial charge in [-0.05, 0) is 36.4 Å². The van der Waals surface area contributed by atoms with Crippen LogP contribution in [-0.4, -0.2) is 43.4 Å². The molecular formula is C19H19N3O2. The van der Waals surface area contributed by atoms with Crippen LogP contribution in [0.5, 0.6) is 5.75 Å². The molecule has 0 saturated carbocycles. The van der Waals surface area contributed by atoms with Gasteiger partial charge in [0.25, 0.3) is 0 Å². The molecule has 0 aliphatic carbocycles. The summed E-state index contributed by atoms with van der Waals surface area (Å²) in [6.45, 7) is 3.10. The third-order valence-corrected chi connectivity index (χ3v) is 4.23. The zero-order valence-corrected chi connectivity index (χ0v) is 13.6. The van der Waals surface area contributed by atoms with Gasteiger partial charge in [-0.2, -0.15) is 0 Å². The van der Waals surface area contributed by atoms with Crippen molar-refractivity contribution in [3.63, 3.8) is 0 Å². The number of hydrogen-bond acceptors (Lipinski definition) is 5. The van der Waals surface area contributed by atoms with Crippen LogP contribution in [0.15, 0.2) is 48.5 Å². The number of para-hydroxylation sites is 2. The molecule has 3 aromatic rings. The second-order valence-electron chi connectivity index (χ2n) is 5.71. The van der Waals surface area contributed by atoms with E-state index in [0.717, 1.165) is 60.2 Å². The van der Waals surface area contributed by atoms with E-state index in [9.17, 15) is 0 Å². The van der Waals surface area contributed by atoms with Crippen LogP contribution in [0.4, 0.5) is 5.82 Å². The molecular weight excluding hydrogens is 302 g/mol. The van der Waals surface area contributed by atoms with Crippen LogP contribution >= 0.6 is 0 Å². The second kappa shape index (κ2) is 6.45. The molecule has 0 radical (unpaired) electrons. The van der Waals surface area contributed by atoms with Crippen molar-refractivity contribution < 1.29 is 9.47 Å². The first-order valence-corrected chi connectivity index (χ1v) is 8.09. The fraction of sp³-hybridized carbons (Fsp3) is 0.263. The van der Waals surface area contributed by atoms with Crippen LogP contribution in [0.25, 0.3) is 22.3 Å². The molecule has 1 aromatic heterocycles. The number of nitrogens with zero attached hydrogens (tertiary/aromatic N) is 3. The average Bonchev–Trinajstić information content (AvgIpc) is 2.68. The Labute approximate surface area is 140 Å². The van der Waals surface area contributed by atoms with Crippen LogP contribution < -0.4 is 9.64 Å². The summed E-state index contributed by atoms with van der Waals surface area (Å²) in [6.07, 6.45) is 0. The molecule has 0 spiro atoms. The number of hydrogen-bond donors (Lipinski definition) is 0. The van der Waals surface area contributed by atoms with E-state index >= 15 is 0 Å². The SMILES string of the molecule is COc1ccc(-c2nc3ccccc3nc2N2CCOCC2)cc1. The molecule has 4 rings (SSSR count). The van der Waals surface area contributed by atoms with E-state index < -0.39 is 0 Å². The third kappa shape index (κ3) is 2.78. The molecule has 5 nitrogen and oxygen atoms in total. The Kier molecular flexibility index (Phi) is 4.01. The van der Waals surface area contributed by atoms with Crippen molar-refractivity contribution in [1.82, 2.24) is 9.97 Å². The minimum absolute atomic E-state index is 0.719. The molecule has 24 heavy (non-hydrogen) atoms. The monoisotopic (exact) mass is 321 g/mol. The normalized spacial score (nSPS) is 14.8. The highest BCUT2D eigenvalue weighted by molar-refractivity contribution is 5.83. The van der Waals surface area contributed by atoms with Crippen molar-refractivity contribution in [2.45, 2.75) is 0 Å². The highest BCUT2D eigenvalue weighted by Gasteiger charge is 2.19. The van der Waals surface area contributed by atoms with Gasteiger partial charge in [0.1, 0.15) is 11.4 Å². The Morgan fingerprint density at radius 1 is 0.917 bits per heavy atom. The minimum Gasteiger partial charge on any atom is -0.497 e. The van der Waals surface area contributed by atoms with Crippen LogP contribution in [-0.2, 0) is 4.74 Å². The number of rotatable bonds is 3. The van der Waals surface area contributed by atoms with Crippen molar-refractivity contribution in [3.8, 4) is 17.0 Å². The lowest BCUT2D eigenvalue weighted by molar-refractivity contribution is 0.122. The van der Waals surface area contributed by atoms with Gasteiger partial charge in [-0.25, -0.2) is 9.97 Å². The van der Waals surface area contributed by atoms with Gasteiger partial charge in [-0.15, -0.1) is 0 Å². The summed E-state index contributed by atoms with van der Waals surface area (Å²) in [5.41, 5.74) is 3.75. The number of benzene rings is 2. The van der Waals surface area contributed by atoms with Gasteiger partial charge in [0, 0.05) is 18.7 Å². The highest BCUT2D eigenvalue weighted by Crippen LogP contribution is 2.31. The summed E-state index contributed by atoms with van der Waals surface area (Å²) in [4.78, 5) is 12.0. The topological polar surface area (TPSA) is 47.5 Å². The Hall–Kier alpha value is -2.66. The van der Waals surface area contributed by atoms with Crippen LogP contribution in [0, 0.1) is 0 Å². The predicted octanol–water partition coefficient (Wildman–Crippen LogP) is 3.14. The highest BCUT2D eigenvalue weighted by atomic mass is 16.5. The lowest BCUT2D eigenvalue weighted by Crippen LogP contribution is -2.37. The van der Waals surface area contributed by atoms with Crippen molar-refractivity contribution in [2.24, 2.45) is 0 Å². The maximum absolute atomic E-state index is 5.48. The van der Waals surface area contributed by atoms with E-state index in [4.69, 9.17) is 19.4 Å². The van der Waals surface area contributed by atoms with Gasteiger partial charge in [0.15, 0.2) is 5.82 Å². The van der Waals surface area contributed by atoms with E-state index in [1.807, 2.05) is 48.5 Å². The summed E-state index contributed by atoms with van der Waals surface area (Å²) in [6, 6.07) is 16.0. The first-order chi connectivity index (χ1) is 11.8. The van der Waals surface area contributed by atoms with Gasteiger partial charge >= 0.3 is 0 Å². The zero-order valence-electron chi connectivity index (χ0n) is 13.6. The number of fused-ring (bicyclic) bond motifs is 1. The molecule has 0 unspecified atom stereocenters. The molecule has 0 atom stereocenters. The van der Waals surface area contributed by atoms with Gasteiger partial charge in [0.05, 0.1) is 31.4 Å². The van der Waals surface area contributed by atoms with E-state index in [2.05, 4.69) is 4.90 Å². The second-order valence-corrected chi connectivity index (χ2v) is 5.71. The molecule has 2 aromatic carbocycles. The van der Waals surface area contributed by atoms with Gasteiger partial charge in [-0.3, -0.25) is 0 Å². The molecule has 1 aliphatic rings. The minimum atomic E-state index is 0.719. The maximum atomic E-state index is 5.48. The van der Waals surface area contributed by atoms with Crippen LogP contribution in [0.2, 0.25) is 0 Å². The summed E-state index contributed by atoms with van der Waals surface area (Å²) >= 11 is 0. The van der Waals surface area contributed by atoms with Crippen LogP contribution in [0.1, 0.15) is 0 Å². The van der Waals surface area contributed by atoms with E-state index in [1.54, 1.807) is 7.11 Å². The molecule has 2 heterocycles. The van der Waals surface area contributed by atoms with Crippen molar-refractivity contribution in [2.75, 3.05) is 38.3 Å². The number of anilines is 1. The lowest BCUT2D eigenvalue weighted by Gasteiger charge is -2.29. The van der Waals surface area contributed by atoms with Gasteiger partial charge in [-0.1, -0.05) is 12.1 Å². The number of aromatic nitrogens is 2. The standard InChI is InChI=1S/C19H19N3O2/c1-23-15-8-6-14(7-9-15)18-19(22-10-12-24-13-11-22)21-17-5-3-2-4-16(17)20-18/h2-9H,10-13H2,1H3. The van der Waals surface area contributed by atoms with Crippen molar-refractivity contribution in [3.05, 3.63) is 48.5 Å². The molecule has 0 bridgehead atoms. The summed E-state index contributed by atoms with van der Waals surface area (Å²) in [5, 5.41) is 0. The zero-order chi connectivity index (χ0) is 16.4. The van der Waals surface area contributed by atoms with E-state index in [0.29, 0.717) is 0 Å². The fourth-order valence-electron chi connectivity index (χ4n) is 2.93. The molecule has 1 aliphatic heterocycles. The third-order valence-electron chi connectivity index (χ3n) is 4.23. The molecule has 1 saturated heterocycles.